The summed E-state index contributed by atoms with van der Waals surface area (Å²) >= 11 is 1.55. The molecule has 0 aliphatic carbocycles. The topological polar surface area (TPSA) is 63.7 Å². The molecule has 2 aliphatic heterocycles. The second kappa shape index (κ2) is 8.98. The van der Waals surface area contributed by atoms with Gasteiger partial charge in [0.25, 0.3) is 0 Å². The molecule has 2 aliphatic rings. The lowest BCUT2D eigenvalue weighted by molar-refractivity contribution is -0.131. The Morgan fingerprint density at radius 1 is 1.28 bits per heavy atom. The van der Waals surface area contributed by atoms with Gasteiger partial charge in [-0.1, -0.05) is 32.9 Å². The standard InChI is InChI=1S/C22H33NO4S2/c1-16-7-8-17(22(2,3)4)12-20(16)28-14-21(24)23(13-19-6-5-10-27-19)18-9-11-29(25,26)15-18/h7-8,12,18-19H,5-6,9-11,13-15H2,1-4H3. The summed E-state index contributed by atoms with van der Waals surface area (Å²) in [5.74, 6) is 0.576. The fourth-order valence-electron chi connectivity index (χ4n) is 3.93. The van der Waals surface area contributed by atoms with E-state index in [0.29, 0.717) is 18.7 Å². The van der Waals surface area contributed by atoms with Gasteiger partial charge in [-0.25, -0.2) is 8.42 Å². The van der Waals surface area contributed by atoms with Crippen LogP contribution in [0.4, 0.5) is 0 Å². The predicted octanol–water partition coefficient (Wildman–Crippen LogP) is 3.58. The Kier molecular flexibility index (Phi) is 7.01. The number of amides is 1. The Bertz CT molecular complexity index is 839. The van der Waals surface area contributed by atoms with Crippen molar-refractivity contribution in [1.82, 2.24) is 4.90 Å². The largest absolute Gasteiger partial charge is 0.376 e. The van der Waals surface area contributed by atoms with Crippen LogP contribution in [0.5, 0.6) is 0 Å². The molecule has 0 aromatic heterocycles. The van der Waals surface area contributed by atoms with E-state index in [1.165, 1.54) is 5.56 Å². The SMILES string of the molecule is Cc1ccc(C(C)(C)C)cc1SCC(=O)N(CC1CCCO1)C1CCS(=O)(=O)C1. The van der Waals surface area contributed by atoms with E-state index < -0.39 is 9.84 Å². The van der Waals surface area contributed by atoms with Gasteiger partial charge in [0.15, 0.2) is 9.84 Å². The smallest absolute Gasteiger partial charge is 0.233 e. The number of sulfone groups is 1. The van der Waals surface area contributed by atoms with Gasteiger partial charge in [0.2, 0.25) is 5.91 Å². The first kappa shape index (κ1) is 22.6. The lowest BCUT2D eigenvalue weighted by atomic mass is 9.87. The van der Waals surface area contributed by atoms with Crippen LogP contribution in [-0.4, -0.2) is 61.8 Å². The number of ether oxygens (including phenoxy) is 1. The summed E-state index contributed by atoms with van der Waals surface area (Å²) in [4.78, 5) is 16.1. The normalized spacial score (nSPS) is 24.0. The summed E-state index contributed by atoms with van der Waals surface area (Å²) in [5.41, 5.74) is 2.46. The molecule has 0 spiro atoms. The summed E-state index contributed by atoms with van der Waals surface area (Å²) in [5, 5.41) is 0. The molecule has 1 aromatic carbocycles. The van der Waals surface area contributed by atoms with Gasteiger partial charge in [0.1, 0.15) is 0 Å². The van der Waals surface area contributed by atoms with Crippen molar-refractivity contribution in [2.75, 3.05) is 30.4 Å². The van der Waals surface area contributed by atoms with Crippen molar-refractivity contribution in [3.05, 3.63) is 29.3 Å². The first-order valence-electron chi connectivity index (χ1n) is 10.4. The maximum atomic E-state index is 13.2. The zero-order valence-electron chi connectivity index (χ0n) is 17.9. The van der Waals surface area contributed by atoms with E-state index in [9.17, 15) is 13.2 Å². The highest BCUT2D eigenvalue weighted by molar-refractivity contribution is 8.00. The number of aryl methyl sites for hydroxylation is 1. The molecule has 2 saturated heterocycles. The van der Waals surface area contributed by atoms with Crippen LogP contribution in [0, 0.1) is 6.92 Å². The van der Waals surface area contributed by atoms with Gasteiger partial charge in [-0.3, -0.25) is 4.79 Å². The lowest BCUT2D eigenvalue weighted by Gasteiger charge is -2.30. The van der Waals surface area contributed by atoms with Crippen molar-refractivity contribution < 1.29 is 17.9 Å². The van der Waals surface area contributed by atoms with E-state index in [0.717, 1.165) is 29.9 Å². The molecule has 2 unspecified atom stereocenters. The number of benzene rings is 1. The van der Waals surface area contributed by atoms with Gasteiger partial charge in [0, 0.05) is 24.1 Å². The number of thioether (sulfide) groups is 1. The highest BCUT2D eigenvalue weighted by atomic mass is 32.2. The molecule has 7 heteroatoms. The predicted molar refractivity (Wildman–Crippen MR) is 118 cm³/mol. The molecule has 29 heavy (non-hydrogen) atoms. The summed E-state index contributed by atoms with van der Waals surface area (Å²) in [6.07, 6.45) is 2.49. The molecule has 5 nitrogen and oxygen atoms in total. The van der Waals surface area contributed by atoms with Gasteiger partial charge in [-0.2, -0.15) is 0 Å². The zero-order chi connectivity index (χ0) is 21.2. The van der Waals surface area contributed by atoms with Crippen molar-refractivity contribution >= 4 is 27.5 Å². The van der Waals surface area contributed by atoms with Gasteiger partial charge < -0.3 is 9.64 Å². The van der Waals surface area contributed by atoms with Gasteiger partial charge in [-0.05, 0) is 48.8 Å². The fourth-order valence-corrected chi connectivity index (χ4v) is 6.61. The maximum Gasteiger partial charge on any atom is 0.233 e. The van der Waals surface area contributed by atoms with E-state index in [2.05, 4.69) is 45.9 Å². The third-order valence-corrected chi connectivity index (χ3v) is 8.69. The van der Waals surface area contributed by atoms with Crippen molar-refractivity contribution in [3.63, 3.8) is 0 Å². The first-order chi connectivity index (χ1) is 13.5. The average Bonchev–Trinajstić information content (AvgIpc) is 3.26. The zero-order valence-corrected chi connectivity index (χ0v) is 19.6. The van der Waals surface area contributed by atoms with Crippen molar-refractivity contribution in [2.45, 2.75) is 69.4 Å². The average molecular weight is 440 g/mol. The fraction of sp³-hybridized carbons (Fsp3) is 0.682. The minimum Gasteiger partial charge on any atom is -0.376 e. The van der Waals surface area contributed by atoms with E-state index >= 15 is 0 Å². The van der Waals surface area contributed by atoms with E-state index in [1.807, 2.05) is 0 Å². The maximum absolute atomic E-state index is 13.2. The quantitative estimate of drug-likeness (QED) is 0.634. The van der Waals surface area contributed by atoms with Gasteiger partial charge >= 0.3 is 0 Å². The van der Waals surface area contributed by atoms with E-state index in [-0.39, 0.29) is 35.0 Å². The minimum absolute atomic E-state index is 0.00756. The summed E-state index contributed by atoms with van der Waals surface area (Å²) < 4.78 is 29.7. The second-order valence-corrected chi connectivity index (χ2v) is 12.5. The number of hydrogen-bond acceptors (Lipinski definition) is 5. The molecule has 2 heterocycles. The summed E-state index contributed by atoms with van der Waals surface area (Å²) in [6.45, 7) is 9.83. The molecular weight excluding hydrogens is 406 g/mol. The minimum atomic E-state index is -3.04. The third kappa shape index (κ3) is 5.98. The van der Waals surface area contributed by atoms with Crippen LogP contribution in [0.15, 0.2) is 23.1 Å². The first-order valence-corrected chi connectivity index (χ1v) is 13.2. The molecule has 162 valence electrons. The van der Waals surface area contributed by atoms with Gasteiger partial charge in [0.05, 0.1) is 23.4 Å². The summed E-state index contributed by atoms with van der Waals surface area (Å²) in [7, 11) is -3.04. The van der Waals surface area contributed by atoms with Crippen LogP contribution >= 0.6 is 11.8 Å². The van der Waals surface area contributed by atoms with E-state index in [4.69, 9.17) is 4.74 Å². The Labute approximate surface area is 179 Å². The van der Waals surface area contributed by atoms with Crippen LogP contribution in [-0.2, 0) is 24.8 Å². The summed E-state index contributed by atoms with van der Waals surface area (Å²) in [6, 6.07) is 6.21. The Morgan fingerprint density at radius 3 is 2.62 bits per heavy atom. The Hall–Kier alpha value is -1.05. The molecule has 1 amide bonds. The van der Waals surface area contributed by atoms with Gasteiger partial charge in [-0.15, -0.1) is 11.8 Å². The molecule has 3 rings (SSSR count). The van der Waals surface area contributed by atoms with E-state index in [1.54, 1.807) is 16.7 Å². The monoisotopic (exact) mass is 439 g/mol. The molecule has 0 bridgehead atoms. The molecule has 0 saturated carbocycles. The van der Waals surface area contributed by atoms with Crippen LogP contribution < -0.4 is 0 Å². The Balaban J connectivity index is 1.71. The number of hydrogen-bond donors (Lipinski definition) is 0. The molecule has 1 aromatic rings. The Morgan fingerprint density at radius 2 is 2.03 bits per heavy atom. The van der Waals surface area contributed by atoms with Crippen LogP contribution in [0.1, 0.15) is 51.2 Å². The van der Waals surface area contributed by atoms with Crippen molar-refractivity contribution in [2.24, 2.45) is 0 Å². The molecule has 2 atom stereocenters. The number of rotatable bonds is 6. The highest BCUT2D eigenvalue weighted by Crippen LogP contribution is 2.30. The second-order valence-electron chi connectivity index (χ2n) is 9.26. The van der Waals surface area contributed by atoms with Crippen LogP contribution in [0.3, 0.4) is 0 Å². The van der Waals surface area contributed by atoms with Crippen molar-refractivity contribution in [1.29, 1.82) is 0 Å². The molecular formula is C22H33NO4S2. The number of nitrogens with zero attached hydrogens (tertiary/aromatic N) is 1. The van der Waals surface area contributed by atoms with Crippen LogP contribution in [0.2, 0.25) is 0 Å². The van der Waals surface area contributed by atoms with Crippen LogP contribution in [0.25, 0.3) is 0 Å². The molecule has 0 N–H and O–H groups in total. The number of carbonyl (C=O) groups excluding carboxylic acids is 1. The third-order valence-electron chi connectivity index (χ3n) is 5.80. The van der Waals surface area contributed by atoms with Crippen molar-refractivity contribution in [3.8, 4) is 0 Å². The molecule has 0 radical (unpaired) electrons. The molecule has 2 fully saturated rings. The lowest BCUT2D eigenvalue weighted by Crippen LogP contribution is -2.46. The number of carbonyl (C=O) groups is 1. The highest BCUT2D eigenvalue weighted by Gasteiger charge is 2.36.